The molecule has 1 N–H and O–H groups in total. The summed E-state index contributed by atoms with van der Waals surface area (Å²) in [4.78, 5) is 25.7. The van der Waals surface area contributed by atoms with Gasteiger partial charge in [-0.25, -0.2) is 0 Å². The minimum absolute atomic E-state index is 0.0265. The SMILES string of the molecule is CC(=O)N(CCC(=O)Nc1ccc(C)cc1)Cc1ccccc1C. The molecule has 0 aromatic heterocycles. The second kappa shape index (κ2) is 8.29. The number of carbonyl (C=O) groups excluding carboxylic acids is 2. The monoisotopic (exact) mass is 324 g/mol. The number of hydrogen-bond donors (Lipinski definition) is 1. The standard InChI is InChI=1S/C20H24N2O2/c1-15-8-10-19(11-9-15)21-20(24)12-13-22(17(3)23)14-18-7-5-4-6-16(18)2/h4-11H,12-14H2,1-3H3,(H,21,24). The fourth-order valence-corrected chi connectivity index (χ4v) is 2.44. The van der Waals surface area contributed by atoms with Gasteiger partial charge in [-0.3, -0.25) is 9.59 Å². The highest BCUT2D eigenvalue weighted by Crippen LogP contribution is 2.12. The third-order valence-electron chi connectivity index (χ3n) is 4.01. The van der Waals surface area contributed by atoms with Gasteiger partial charge in [0.05, 0.1) is 0 Å². The molecule has 0 bridgehead atoms. The number of hydrogen-bond acceptors (Lipinski definition) is 2. The first-order chi connectivity index (χ1) is 11.5. The predicted octanol–water partition coefficient (Wildman–Crippen LogP) is 3.68. The number of benzene rings is 2. The minimum Gasteiger partial charge on any atom is -0.338 e. The summed E-state index contributed by atoms with van der Waals surface area (Å²) in [7, 11) is 0. The van der Waals surface area contributed by atoms with Crippen LogP contribution in [0.2, 0.25) is 0 Å². The zero-order valence-electron chi connectivity index (χ0n) is 14.5. The van der Waals surface area contributed by atoms with Gasteiger partial charge in [-0.05, 0) is 37.1 Å². The number of rotatable bonds is 6. The lowest BCUT2D eigenvalue weighted by atomic mass is 10.1. The number of anilines is 1. The van der Waals surface area contributed by atoms with E-state index in [9.17, 15) is 9.59 Å². The van der Waals surface area contributed by atoms with Gasteiger partial charge >= 0.3 is 0 Å². The first kappa shape index (κ1) is 17.7. The number of carbonyl (C=O) groups is 2. The topological polar surface area (TPSA) is 49.4 Å². The van der Waals surface area contributed by atoms with E-state index in [1.807, 2.05) is 62.4 Å². The van der Waals surface area contributed by atoms with E-state index in [0.717, 1.165) is 22.4 Å². The second-order valence-electron chi connectivity index (χ2n) is 6.03. The summed E-state index contributed by atoms with van der Waals surface area (Å²) in [5.41, 5.74) is 4.17. The summed E-state index contributed by atoms with van der Waals surface area (Å²) in [6.45, 7) is 6.50. The van der Waals surface area contributed by atoms with Crippen molar-refractivity contribution in [3.05, 3.63) is 65.2 Å². The normalized spacial score (nSPS) is 10.3. The third kappa shape index (κ3) is 5.23. The Kier molecular flexibility index (Phi) is 6.13. The van der Waals surface area contributed by atoms with E-state index in [0.29, 0.717) is 13.1 Å². The van der Waals surface area contributed by atoms with Gasteiger partial charge in [0.25, 0.3) is 0 Å². The van der Waals surface area contributed by atoms with Crippen LogP contribution in [0, 0.1) is 13.8 Å². The second-order valence-corrected chi connectivity index (χ2v) is 6.03. The molecule has 0 spiro atoms. The Bertz CT molecular complexity index is 708. The van der Waals surface area contributed by atoms with Crippen LogP contribution >= 0.6 is 0 Å². The van der Waals surface area contributed by atoms with Crippen LogP contribution in [0.5, 0.6) is 0 Å². The van der Waals surface area contributed by atoms with Gasteiger partial charge in [0, 0.05) is 32.1 Å². The fraction of sp³-hybridized carbons (Fsp3) is 0.300. The van der Waals surface area contributed by atoms with E-state index in [2.05, 4.69) is 5.32 Å². The smallest absolute Gasteiger partial charge is 0.226 e. The van der Waals surface area contributed by atoms with Gasteiger partial charge in [-0.1, -0.05) is 42.0 Å². The van der Waals surface area contributed by atoms with Crippen molar-refractivity contribution in [3.8, 4) is 0 Å². The van der Waals surface area contributed by atoms with Crippen LogP contribution < -0.4 is 5.32 Å². The molecule has 126 valence electrons. The Morgan fingerprint density at radius 1 is 1.00 bits per heavy atom. The molecule has 0 unspecified atom stereocenters. The molecule has 0 atom stereocenters. The van der Waals surface area contributed by atoms with Gasteiger partial charge in [-0.2, -0.15) is 0 Å². The molecule has 0 aliphatic heterocycles. The van der Waals surface area contributed by atoms with Crippen molar-refractivity contribution in [1.29, 1.82) is 0 Å². The number of amides is 2. The molecular weight excluding hydrogens is 300 g/mol. The fourth-order valence-electron chi connectivity index (χ4n) is 2.44. The van der Waals surface area contributed by atoms with E-state index >= 15 is 0 Å². The zero-order chi connectivity index (χ0) is 17.5. The Morgan fingerprint density at radius 3 is 2.29 bits per heavy atom. The van der Waals surface area contributed by atoms with Crippen LogP contribution in [0.1, 0.15) is 30.0 Å². The highest BCUT2D eigenvalue weighted by Gasteiger charge is 2.13. The van der Waals surface area contributed by atoms with Crippen molar-refractivity contribution >= 4 is 17.5 Å². The molecule has 0 saturated carbocycles. The Labute approximate surface area is 143 Å². The Morgan fingerprint density at radius 2 is 1.67 bits per heavy atom. The largest absolute Gasteiger partial charge is 0.338 e. The van der Waals surface area contributed by atoms with E-state index in [4.69, 9.17) is 0 Å². The van der Waals surface area contributed by atoms with Crippen molar-refractivity contribution in [1.82, 2.24) is 4.90 Å². The van der Waals surface area contributed by atoms with Crippen LogP contribution in [0.25, 0.3) is 0 Å². The molecule has 2 aromatic rings. The van der Waals surface area contributed by atoms with Crippen molar-refractivity contribution < 1.29 is 9.59 Å². The molecule has 2 amide bonds. The first-order valence-corrected chi connectivity index (χ1v) is 8.12. The Hall–Kier alpha value is -2.62. The molecule has 0 aliphatic carbocycles. The van der Waals surface area contributed by atoms with E-state index in [1.165, 1.54) is 6.92 Å². The van der Waals surface area contributed by atoms with Gasteiger partial charge in [0.2, 0.25) is 11.8 Å². The molecule has 4 heteroatoms. The predicted molar refractivity (Wildman–Crippen MR) is 96.7 cm³/mol. The van der Waals surface area contributed by atoms with E-state index in [-0.39, 0.29) is 18.2 Å². The van der Waals surface area contributed by atoms with Gasteiger partial charge in [0.1, 0.15) is 0 Å². The molecule has 0 aliphatic rings. The number of nitrogens with zero attached hydrogens (tertiary/aromatic N) is 1. The van der Waals surface area contributed by atoms with Gasteiger partial charge < -0.3 is 10.2 Å². The maximum atomic E-state index is 12.1. The van der Waals surface area contributed by atoms with Crippen LogP contribution in [-0.2, 0) is 16.1 Å². The molecular formula is C20H24N2O2. The molecule has 4 nitrogen and oxygen atoms in total. The zero-order valence-corrected chi connectivity index (χ0v) is 14.5. The van der Waals surface area contributed by atoms with E-state index in [1.54, 1.807) is 4.90 Å². The highest BCUT2D eigenvalue weighted by molar-refractivity contribution is 5.91. The maximum Gasteiger partial charge on any atom is 0.226 e. The Balaban J connectivity index is 1.91. The van der Waals surface area contributed by atoms with Crippen LogP contribution in [0.15, 0.2) is 48.5 Å². The molecule has 0 fully saturated rings. The first-order valence-electron chi connectivity index (χ1n) is 8.12. The molecule has 2 rings (SSSR count). The quantitative estimate of drug-likeness (QED) is 0.881. The lowest BCUT2D eigenvalue weighted by Crippen LogP contribution is -2.31. The lowest BCUT2D eigenvalue weighted by Gasteiger charge is -2.22. The minimum atomic E-state index is -0.0881. The number of aryl methyl sites for hydroxylation is 2. The van der Waals surface area contributed by atoms with Gasteiger partial charge in [-0.15, -0.1) is 0 Å². The van der Waals surface area contributed by atoms with E-state index < -0.39 is 0 Å². The highest BCUT2D eigenvalue weighted by atomic mass is 16.2. The van der Waals surface area contributed by atoms with Gasteiger partial charge in [0.15, 0.2) is 0 Å². The summed E-state index contributed by atoms with van der Waals surface area (Å²) < 4.78 is 0. The summed E-state index contributed by atoms with van der Waals surface area (Å²) in [5, 5.41) is 2.86. The summed E-state index contributed by atoms with van der Waals surface area (Å²) >= 11 is 0. The van der Waals surface area contributed by atoms with Crippen LogP contribution in [0.3, 0.4) is 0 Å². The summed E-state index contributed by atoms with van der Waals surface area (Å²) in [5.74, 6) is -0.115. The molecule has 24 heavy (non-hydrogen) atoms. The van der Waals surface area contributed by atoms with Crippen molar-refractivity contribution in [2.24, 2.45) is 0 Å². The summed E-state index contributed by atoms with van der Waals surface area (Å²) in [6, 6.07) is 15.6. The number of nitrogens with one attached hydrogen (secondary N) is 1. The molecule has 0 saturated heterocycles. The molecule has 0 heterocycles. The lowest BCUT2D eigenvalue weighted by molar-refractivity contribution is -0.129. The average Bonchev–Trinajstić information content (AvgIpc) is 2.55. The van der Waals surface area contributed by atoms with Crippen molar-refractivity contribution in [3.63, 3.8) is 0 Å². The molecule has 0 radical (unpaired) electrons. The van der Waals surface area contributed by atoms with Crippen LogP contribution in [0.4, 0.5) is 5.69 Å². The molecule has 2 aromatic carbocycles. The average molecular weight is 324 g/mol. The van der Waals surface area contributed by atoms with Crippen LogP contribution in [-0.4, -0.2) is 23.3 Å². The van der Waals surface area contributed by atoms with Crippen molar-refractivity contribution in [2.45, 2.75) is 33.7 Å². The third-order valence-corrected chi connectivity index (χ3v) is 4.01. The van der Waals surface area contributed by atoms with Crippen molar-refractivity contribution in [2.75, 3.05) is 11.9 Å². The summed E-state index contributed by atoms with van der Waals surface area (Å²) in [6.07, 6.45) is 0.277. The maximum absolute atomic E-state index is 12.1.